The first-order valence-electron chi connectivity index (χ1n) is 10.4. The summed E-state index contributed by atoms with van der Waals surface area (Å²) >= 11 is 1.23. The SMILES string of the molecule is CCOC(=O)c1ccc(NC(=O)CSc2nnc(C(C)N(C)C)n2-c2ccc(F)cc2)cc1. The molecule has 0 radical (unpaired) electrons. The fourth-order valence-corrected chi connectivity index (χ4v) is 3.70. The van der Waals surface area contributed by atoms with Gasteiger partial charge in [-0.15, -0.1) is 10.2 Å². The molecule has 1 unspecified atom stereocenters. The van der Waals surface area contributed by atoms with Crippen molar-refractivity contribution in [2.75, 3.05) is 31.8 Å². The van der Waals surface area contributed by atoms with Crippen LogP contribution in [0.3, 0.4) is 0 Å². The summed E-state index contributed by atoms with van der Waals surface area (Å²) < 4.78 is 20.2. The first kappa shape index (κ1) is 24.4. The standard InChI is InChI=1S/C23H26FN5O3S/c1-5-32-22(31)16-6-10-18(11-7-16)25-20(30)14-33-23-27-26-21(15(2)28(3)4)29(23)19-12-8-17(24)9-13-19/h6-13,15H,5,14H2,1-4H3,(H,25,30). The second kappa shape index (κ2) is 11.1. The van der Waals surface area contributed by atoms with E-state index in [-0.39, 0.29) is 23.5 Å². The zero-order valence-electron chi connectivity index (χ0n) is 18.9. The molecule has 3 aromatic rings. The average molecular weight is 472 g/mol. The van der Waals surface area contributed by atoms with Gasteiger partial charge in [-0.05, 0) is 76.5 Å². The van der Waals surface area contributed by atoms with E-state index in [1.54, 1.807) is 43.3 Å². The number of carbonyl (C=O) groups is 2. The monoisotopic (exact) mass is 471 g/mol. The Kier molecular flexibility index (Phi) is 8.18. The van der Waals surface area contributed by atoms with Crippen molar-refractivity contribution in [3.63, 3.8) is 0 Å². The lowest BCUT2D eigenvalue weighted by Crippen LogP contribution is -2.21. The Morgan fingerprint density at radius 2 is 1.79 bits per heavy atom. The van der Waals surface area contributed by atoms with Gasteiger partial charge in [0.1, 0.15) is 5.82 Å². The van der Waals surface area contributed by atoms with Crippen LogP contribution in [0.15, 0.2) is 53.7 Å². The van der Waals surface area contributed by atoms with Crippen LogP contribution in [0.4, 0.5) is 10.1 Å². The lowest BCUT2D eigenvalue weighted by atomic mass is 10.2. The highest BCUT2D eigenvalue weighted by Gasteiger charge is 2.21. The number of rotatable bonds is 9. The highest BCUT2D eigenvalue weighted by atomic mass is 32.2. The minimum atomic E-state index is -0.409. The van der Waals surface area contributed by atoms with E-state index in [2.05, 4.69) is 15.5 Å². The maximum Gasteiger partial charge on any atom is 0.338 e. The minimum absolute atomic E-state index is 0.0522. The van der Waals surface area contributed by atoms with Gasteiger partial charge in [0.15, 0.2) is 11.0 Å². The Labute approximate surface area is 196 Å². The lowest BCUT2D eigenvalue weighted by Gasteiger charge is -2.20. The quantitative estimate of drug-likeness (QED) is 0.374. The normalized spacial score (nSPS) is 11.9. The Bertz CT molecular complexity index is 1100. The van der Waals surface area contributed by atoms with Crippen LogP contribution in [0.2, 0.25) is 0 Å². The lowest BCUT2D eigenvalue weighted by molar-refractivity contribution is -0.113. The summed E-state index contributed by atoms with van der Waals surface area (Å²) in [5, 5.41) is 11.9. The second-order valence-corrected chi connectivity index (χ2v) is 8.37. The van der Waals surface area contributed by atoms with Gasteiger partial charge < -0.3 is 10.1 Å². The molecule has 0 saturated carbocycles. The van der Waals surface area contributed by atoms with E-state index in [4.69, 9.17) is 4.74 Å². The summed E-state index contributed by atoms with van der Waals surface area (Å²) in [5.41, 5.74) is 1.69. The molecule has 0 spiro atoms. The van der Waals surface area contributed by atoms with Crippen molar-refractivity contribution in [2.45, 2.75) is 25.0 Å². The third kappa shape index (κ3) is 6.17. The van der Waals surface area contributed by atoms with Crippen LogP contribution < -0.4 is 5.32 Å². The number of anilines is 1. The molecule has 0 aliphatic rings. The van der Waals surface area contributed by atoms with Gasteiger partial charge in [-0.2, -0.15) is 0 Å². The first-order valence-corrected chi connectivity index (χ1v) is 11.4. The number of esters is 1. The van der Waals surface area contributed by atoms with Crippen molar-refractivity contribution in [2.24, 2.45) is 0 Å². The predicted octanol–water partition coefficient (Wildman–Crippen LogP) is 3.94. The van der Waals surface area contributed by atoms with Crippen molar-refractivity contribution in [1.29, 1.82) is 0 Å². The molecule has 1 heterocycles. The van der Waals surface area contributed by atoms with Gasteiger partial charge in [-0.3, -0.25) is 14.3 Å². The number of nitrogens with one attached hydrogen (secondary N) is 1. The number of halogens is 1. The number of thioether (sulfide) groups is 1. The molecule has 0 bridgehead atoms. The summed E-state index contributed by atoms with van der Waals surface area (Å²) in [7, 11) is 3.86. The number of ether oxygens (including phenoxy) is 1. The van der Waals surface area contributed by atoms with E-state index in [0.29, 0.717) is 34.5 Å². The molecular formula is C23H26FN5O3S. The van der Waals surface area contributed by atoms with Gasteiger partial charge in [-0.1, -0.05) is 11.8 Å². The zero-order valence-corrected chi connectivity index (χ0v) is 19.7. The highest BCUT2D eigenvalue weighted by Crippen LogP contribution is 2.27. The van der Waals surface area contributed by atoms with E-state index < -0.39 is 5.97 Å². The summed E-state index contributed by atoms with van der Waals surface area (Å²) in [6, 6.07) is 12.5. The van der Waals surface area contributed by atoms with E-state index in [0.717, 1.165) is 0 Å². The van der Waals surface area contributed by atoms with Crippen molar-refractivity contribution in [3.05, 3.63) is 65.7 Å². The molecule has 0 aliphatic heterocycles. The van der Waals surface area contributed by atoms with E-state index in [1.165, 1.54) is 23.9 Å². The molecule has 1 atom stereocenters. The molecule has 10 heteroatoms. The molecule has 0 saturated heterocycles. The molecule has 1 aromatic heterocycles. The van der Waals surface area contributed by atoms with Gasteiger partial charge in [-0.25, -0.2) is 9.18 Å². The maximum atomic E-state index is 13.5. The topological polar surface area (TPSA) is 89.3 Å². The highest BCUT2D eigenvalue weighted by molar-refractivity contribution is 7.99. The Balaban J connectivity index is 1.72. The molecule has 0 aliphatic carbocycles. The fraction of sp³-hybridized carbons (Fsp3) is 0.304. The van der Waals surface area contributed by atoms with Crippen LogP contribution in [-0.2, 0) is 9.53 Å². The van der Waals surface area contributed by atoms with Crippen molar-refractivity contribution >= 4 is 29.3 Å². The molecule has 1 N–H and O–H groups in total. The van der Waals surface area contributed by atoms with Crippen LogP contribution in [0.1, 0.15) is 36.1 Å². The average Bonchev–Trinajstić information content (AvgIpc) is 3.22. The number of carbonyl (C=O) groups excluding carboxylic acids is 2. The number of hydrogen-bond donors (Lipinski definition) is 1. The Morgan fingerprint density at radius 1 is 1.12 bits per heavy atom. The summed E-state index contributed by atoms with van der Waals surface area (Å²) in [4.78, 5) is 26.2. The smallest absolute Gasteiger partial charge is 0.338 e. The van der Waals surface area contributed by atoms with Crippen molar-refractivity contribution in [1.82, 2.24) is 19.7 Å². The van der Waals surface area contributed by atoms with Gasteiger partial charge in [0, 0.05) is 11.4 Å². The Morgan fingerprint density at radius 3 is 2.39 bits per heavy atom. The van der Waals surface area contributed by atoms with Gasteiger partial charge in [0.05, 0.1) is 24.0 Å². The molecule has 1 amide bonds. The van der Waals surface area contributed by atoms with Crippen LogP contribution in [0.5, 0.6) is 0 Å². The molecular weight excluding hydrogens is 445 g/mol. The number of aromatic nitrogens is 3. The van der Waals surface area contributed by atoms with Crippen LogP contribution >= 0.6 is 11.8 Å². The summed E-state index contributed by atoms with van der Waals surface area (Å²) in [6.07, 6.45) is 0. The van der Waals surface area contributed by atoms with Crippen molar-refractivity contribution < 1.29 is 18.7 Å². The van der Waals surface area contributed by atoms with Gasteiger partial charge in [0.25, 0.3) is 0 Å². The van der Waals surface area contributed by atoms with E-state index in [9.17, 15) is 14.0 Å². The van der Waals surface area contributed by atoms with E-state index >= 15 is 0 Å². The van der Waals surface area contributed by atoms with E-state index in [1.807, 2.05) is 30.5 Å². The minimum Gasteiger partial charge on any atom is -0.462 e. The van der Waals surface area contributed by atoms with Gasteiger partial charge in [0.2, 0.25) is 5.91 Å². The third-order valence-corrected chi connectivity index (χ3v) is 5.83. The molecule has 0 fully saturated rings. The first-order chi connectivity index (χ1) is 15.8. The number of hydrogen-bond acceptors (Lipinski definition) is 7. The number of nitrogens with zero attached hydrogens (tertiary/aromatic N) is 4. The van der Waals surface area contributed by atoms with Crippen LogP contribution in [0, 0.1) is 5.82 Å². The number of benzene rings is 2. The molecule has 33 heavy (non-hydrogen) atoms. The molecule has 8 nitrogen and oxygen atoms in total. The number of amides is 1. The summed E-state index contributed by atoms with van der Waals surface area (Å²) in [6.45, 7) is 4.03. The van der Waals surface area contributed by atoms with Crippen molar-refractivity contribution in [3.8, 4) is 5.69 Å². The zero-order chi connectivity index (χ0) is 24.0. The Hall–Kier alpha value is -3.24. The molecule has 2 aromatic carbocycles. The fourth-order valence-electron chi connectivity index (χ4n) is 2.94. The molecule has 3 rings (SSSR count). The van der Waals surface area contributed by atoms with Gasteiger partial charge >= 0.3 is 5.97 Å². The van der Waals surface area contributed by atoms with Crippen LogP contribution in [0.25, 0.3) is 5.69 Å². The maximum absolute atomic E-state index is 13.5. The third-order valence-electron chi connectivity index (χ3n) is 4.90. The summed E-state index contributed by atoms with van der Waals surface area (Å²) in [5.74, 6) is -0.204. The van der Waals surface area contributed by atoms with Crippen LogP contribution in [-0.4, -0.2) is 58.0 Å². The largest absolute Gasteiger partial charge is 0.462 e. The second-order valence-electron chi connectivity index (χ2n) is 7.43. The predicted molar refractivity (Wildman–Crippen MR) is 125 cm³/mol. The molecule has 174 valence electrons.